The number of amides is 1. The number of benzene rings is 2. The number of nitrogens with zero attached hydrogens (tertiary/aromatic N) is 2. The minimum atomic E-state index is -1.48. The maximum absolute atomic E-state index is 13.5. The van der Waals surface area contributed by atoms with Crippen molar-refractivity contribution in [2.45, 2.75) is 32.0 Å². The number of aromatic nitrogens is 1. The summed E-state index contributed by atoms with van der Waals surface area (Å²) in [6, 6.07) is 14.7. The standard InChI is InChI=1S/C24H26ClN5O2/c1-2-21(31)20-10-12-30(18-6-4-17(25)5-7-18)24(20,27)23(32)29-14-15-3-8-19-16(13-15)9-11-28-22(19)26/h3-9,11,13,20H,2,10,12,14,27H2,1H3,(H2,26,28)(H,29,32)/t20-,24-/m0/s1. The van der Waals surface area contributed by atoms with Gasteiger partial charge >= 0.3 is 0 Å². The molecule has 7 nitrogen and oxygen atoms in total. The molecule has 1 amide bonds. The molecule has 4 rings (SSSR count). The lowest BCUT2D eigenvalue weighted by molar-refractivity contribution is -0.133. The van der Waals surface area contributed by atoms with E-state index in [1.165, 1.54) is 0 Å². The fourth-order valence-electron chi connectivity index (χ4n) is 4.43. The van der Waals surface area contributed by atoms with Crippen LogP contribution in [0.5, 0.6) is 0 Å². The first-order chi connectivity index (χ1) is 15.3. The number of pyridine rings is 1. The second kappa shape index (κ2) is 8.76. The molecule has 0 bridgehead atoms. The van der Waals surface area contributed by atoms with Gasteiger partial charge in [0.1, 0.15) is 11.6 Å². The van der Waals surface area contributed by atoms with Crippen LogP contribution in [0, 0.1) is 5.92 Å². The number of nitrogens with two attached hydrogens (primary N) is 2. The van der Waals surface area contributed by atoms with E-state index in [4.69, 9.17) is 23.1 Å². The number of carbonyl (C=O) groups is 2. The van der Waals surface area contributed by atoms with Gasteiger partial charge in [-0.15, -0.1) is 0 Å². The third-order valence-corrected chi connectivity index (χ3v) is 6.42. The van der Waals surface area contributed by atoms with Crippen LogP contribution in [0.1, 0.15) is 25.3 Å². The summed E-state index contributed by atoms with van der Waals surface area (Å²) in [6.45, 7) is 2.57. The van der Waals surface area contributed by atoms with Crippen molar-refractivity contribution in [3.8, 4) is 0 Å². The molecule has 0 aliphatic carbocycles. The molecule has 0 spiro atoms. The van der Waals surface area contributed by atoms with Gasteiger partial charge in [0.2, 0.25) is 0 Å². The molecular formula is C24H26ClN5O2. The van der Waals surface area contributed by atoms with Gasteiger partial charge in [0.05, 0.1) is 5.92 Å². The molecule has 0 unspecified atom stereocenters. The number of anilines is 2. The van der Waals surface area contributed by atoms with Gasteiger partial charge in [-0.1, -0.05) is 30.7 Å². The van der Waals surface area contributed by atoms with Gasteiger partial charge in [0.15, 0.2) is 5.66 Å². The molecule has 2 heterocycles. The van der Waals surface area contributed by atoms with E-state index in [-0.39, 0.29) is 18.2 Å². The first-order valence-electron chi connectivity index (χ1n) is 10.6. The molecule has 8 heteroatoms. The normalized spacial score (nSPS) is 20.5. The third-order valence-electron chi connectivity index (χ3n) is 6.17. The smallest absolute Gasteiger partial charge is 0.261 e. The molecule has 3 aromatic rings. The lowest BCUT2D eigenvalue weighted by Gasteiger charge is -2.38. The fraction of sp³-hybridized carbons (Fsp3) is 0.292. The number of nitrogens with one attached hydrogen (secondary N) is 1. The van der Waals surface area contributed by atoms with Crippen LogP contribution in [-0.4, -0.2) is 28.9 Å². The van der Waals surface area contributed by atoms with Gasteiger partial charge in [0, 0.05) is 41.8 Å². The molecule has 1 saturated heterocycles. The first-order valence-corrected chi connectivity index (χ1v) is 11.0. The van der Waals surface area contributed by atoms with E-state index in [9.17, 15) is 9.59 Å². The summed E-state index contributed by atoms with van der Waals surface area (Å²) in [5, 5.41) is 5.34. The van der Waals surface area contributed by atoms with Gasteiger partial charge in [0.25, 0.3) is 5.91 Å². The zero-order chi connectivity index (χ0) is 22.9. The highest BCUT2D eigenvalue weighted by Crippen LogP contribution is 2.37. The Morgan fingerprint density at radius 2 is 1.97 bits per heavy atom. The topological polar surface area (TPSA) is 114 Å². The predicted octanol–water partition coefficient (Wildman–Crippen LogP) is 3.25. The lowest BCUT2D eigenvalue weighted by Crippen LogP contribution is -2.66. The highest BCUT2D eigenvalue weighted by atomic mass is 35.5. The van der Waals surface area contributed by atoms with E-state index < -0.39 is 11.6 Å². The number of hydrogen-bond donors (Lipinski definition) is 3. The summed E-state index contributed by atoms with van der Waals surface area (Å²) in [5.41, 5.74) is 12.8. The van der Waals surface area contributed by atoms with Crippen LogP contribution in [0.25, 0.3) is 10.8 Å². The average molecular weight is 452 g/mol. The van der Waals surface area contributed by atoms with Crippen LogP contribution in [0.15, 0.2) is 54.7 Å². The number of Topliss-reactive ketones (excluding diaryl/α,β-unsaturated/α-hetero) is 1. The number of halogens is 1. The summed E-state index contributed by atoms with van der Waals surface area (Å²) >= 11 is 6.03. The van der Waals surface area contributed by atoms with Crippen molar-refractivity contribution in [2.24, 2.45) is 11.7 Å². The van der Waals surface area contributed by atoms with Crippen LogP contribution < -0.4 is 21.7 Å². The van der Waals surface area contributed by atoms with Crippen LogP contribution in [0.2, 0.25) is 5.02 Å². The second-order valence-electron chi connectivity index (χ2n) is 8.05. The maximum atomic E-state index is 13.5. The Bertz CT molecular complexity index is 1170. The molecule has 0 radical (unpaired) electrons. The van der Waals surface area contributed by atoms with Gasteiger partial charge < -0.3 is 21.7 Å². The summed E-state index contributed by atoms with van der Waals surface area (Å²) in [6.07, 6.45) is 2.49. The number of fused-ring (bicyclic) bond motifs is 1. The summed E-state index contributed by atoms with van der Waals surface area (Å²) in [4.78, 5) is 32.0. The number of rotatable bonds is 6. The van der Waals surface area contributed by atoms with Crippen molar-refractivity contribution in [1.29, 1.82) is 0 Å². The average Bonchev–Trinajstić information content (AvgIpc) is 3.15. The molecule has 1 aliphatic rings. The summed E-state index contributed by atoms with van der Waals surface area (Å²) in [7, 11) is 0. The molecule has 2 aromatic carbocycles. The Kier molecular flexibility index (Phi) is 6.04. The van der Waals surface area contributed by atoms with Gasteiger partial charge in [-0.3, -0.25) is 9.59 Å². The Morgan fingerprint density at radius 1 is 1.22 bits per heavy atom. The van der Waals surface area contributed by atoms with E-state index in [1.807, 2.05) is 41.3 Å². The Hall–Kier alpha value is -3.16. The van der Waals surface area contributed by atoms with Crippen LogP contribution >= 0.6 is 11.6 Å². The Labute approximate surface area is 191 Å². The number of ketones is 1. The van der Waals surface area contributed by atoms with Crippen molar-refractivity contribution in [3.05, 3.63) is 65.3 Å². The van der Waals surface area contributed by atoms with E-state index in [2.05, 4.69) is 10.3 Å². The molecule has 1 fully saturated rings. The Balaban J connectivity index is 1.60. The van der Waals surface area contributed by atoms with E-state index in [0.717, 1.165) is 22.0 Å². The highest BCUT2D eigenvalue weighted by Gasteiger charge is 2.54. The van der Waals surface area contributed by atoms with E-state index >= 15 is 0 Å². The lowest BCUT2D eigenvalue weighted by atomic mass is 9.87. The largest absolute Gasteiger partial charge is 0.383 e. The minimum absolute atomic E-state index is 0.0206. The quantitative estimate of drug-likeness (QED) is 0.530. The highest BCUT2D eigenvalue weighted by molar-refractivity contribution is 6.30. The van der Waals surface area contributed by atoms with Gasteiger partial charge in [-0.05, 0) is 53.8 Å². The van der Waals surface area contributed by atoms with Crippen molar-refractivity contribution in [1.82, 2.24) is 10.3 Å². The summed E-state index contributed by atoms with van der Waals surface area (Å²) in [5.74, 6) is -0.533. The van der Waals surface area contributed by atoms with Crippen LogP contribution in [-0.2, 0) is 16.1 Å². The molecule has 32 heavy (non-hydrogen) atoms. The van der Waals surface area contributed by atoms with Gasteiger partial charge in [-0.2, -0.15) is 0 Å². The van der Waals surface area contributed by atoms with Crippen molar-refractivity contribution in [2.75, 3.05) is 17.2 Å². The second-order valence-corrected chi connectivity index (χ2v) is 8.49. The molecular weight excluding hydrogens is 426 g/mol. The van der Waals surface area contributed by atoms with Crippen molar-refractivity contribution in [3.63, 3.8) is 0 Å². The van der Waals surface area contributed by atoms with Crippen molar-refractivity contribution < 1.29 is 9.59 Å². The van der Waals surface area contributed by atoms with E-state index in [1.54, 1.807) is 25.3 Å². The number of nitrogen functional groups attached to an aromatic ring is 1. The number of carbonyl (C=O) groups excluding carboxylic acids is 2. The SMILES string of the molecule is CCC(=O)[C@@H]1CCN(c2ccc(Cl)cc2)[C@]1(N)C(=O)NCc1ccc2c(N)nccc2c1. The Morgan fingerprint density at radius 3 is 2.69 bits per heavy atom. The predicted molar refractivity (Wildman–Crippen MR) is 127 cm³/mol. The first kappa shape index (κ1) is 22.0. The van der Waals surface area contributed by atoms with Crippen LogP contribution in [0.3, 0.4) is 0 Å². The maximum Gasteiger partial charge on any atom is 0.261 e. The van der Waals surface area contributed by atoms with Crippen molar-refractivity contribution >= 4 is 45.6 Å². The third kappa shape index (κ3) is 3.89. The van der Waals surface area contributed by atoms with Crippen LogP contribution in [0.4, 0.5) is 11.5 Å². The minimum Gasteiger partial charge on any atom is -0.383 e. The molecule has 166 valence electrons. The fourth-order valence-corrected chi connectivity index (χ4v) is 4.56. The zero-order valence-electron chi connectivity index (χ0n) is 17.8. The molecule has 2 atom stereocenters. The number of hydrogen-bond acceptors (Lipinski definition) is 6. The molecule has 1 aromatic heterocycles. The van der Waals surface area contributed by atoms with E-state index in [0.29, 0.717) is 30.2 Å². The summed E-state index contributed by atoms with van der Waals surface area (Å²) < 4.78 is 0. The molecule has 0 saturated carbocycles. The monoisotopic (exact) mass is 451 g/mol. The molecule has 1 aliphatic heterocycles. The van der Waals surface area contributed by atoms with Gasteiger partial charge in [-0.25, -0.2) is 4.98 Å². The zero-order valence-corrected chi connectivity index (χ0v) is 18.6. The molecule has 5 N–H and O–H groups in total.